The van der Waals surface area contributed by atoms with Gasteiger partial charge in [-0.05, 0) is 6.42 Å². The summed E-state index contributed by atoms with van der Waals surface area (Å²) in [4.78, 5) is 10.2. The first-order valence-corrected chi connectivity index (χ1v) is 5.30. The van der Waals surface area contributed by atoms with E-state index in [4.69, 9.17) is 19.9 Å². The van der Waals surface area contributed by atoms with E-state index in [0.717, 1.165) is 6.29 Å². The standard InChI is InChI=1S/C12H17NO4/c1-15-10-7-9(13)8-11(12(10)16-2)17-6-4-3-5-14/h5,7-8H,3-4,6,13H2,1-2H3. The van der Waals surface area contributed by atoms with E-state index in [2.05, 4.69) is 0 Å². The highest BCUT2D eigenvalue weighted by molar-refractivity contribution is 5.60. The van der Waals surface area contributed by atoms with Crippen LogP contribution >= 0.6 is 0 Å². The molecule has 0 aliphatic rings. The third-order valence-corrected chi connectivity index (χ3v) is 2.19. The fourth-order valence-electron chi connectivity index (χ4n) is 1.41. The van der Waals surface area contributed by atoms with Crippen LogP contribution < -0.4 is 19.9 Å². The second-order valence-electron chi connectivity index (χ2n) is 3.41. The lowest BCUT2D eigenvalue weighted by Crippen LogP contribution is -2.02. The smallest absolute Gasteiger partial charge is 0.203 e. The first-order chi connectivity index (χ1) is 8.22. The predicted octanol–water partition coefficient (Wildman–Crippen LogP) is 1.64. The van der Waals surface area contributed by atoms with Crippen LogP contribution in [0.4, 0.5) is 5.69 Å². The van der Waals surface area contributed by atoms with Crippen molar-refractivity contribution in [2.24, 2.45) is 0 Å². The zero-order chi connectivity index (χ0) is 12.7. The molecule has 0 bridgehead atoms. The van der Waals surface area contributed by atoms with Gasteiger partial charge in [0, 0.05) is 24.2 Å². The number of unbranched alkanes of at least 4 members (excludes halogenated alkanes) is 1. The van der Waals surface area contributed by atoms with Gasteiger partial charge in [-0.1, -0.05) is 0 Å². The predicted molar refractivity (Wildman–Crippen MR) is 64.8 cm³/mol. The van der Waals surface area contributed by atoms with Crippen molar-refractivity contribution in [1.29, 1.82) is 0 Å². The molecule has 0 unspecified atom stereocenters. The minimum atomic E-state index is 0.432. The van der Waals surface area contributed by atoms with Gasteiger partial charge in [0.15, 0.2) is 11.5 Å². The summed E-state index contributed by atoms with van der Waals surface area (Å²) in [7, 11) is 3.07. The summed E-state index contributed by atoms with van der Waals surface area (Å²) < 4.78 is 15.9. The zero-order valence-corrected chi connectivity index (χ0v) is 10.1. The minimum Gasteiger partial charge on any atom is -0.493 e. The summed E-state index contributed by atoms with van der Waals surface area (Å²) in [6, 6.07) is 3.33. The lowest BCUT2D eigenvalue weighted by atomic mass is 10.2. The molecule has 0 saturated carbocycles. The highest BCUT2D eigenvalue weighted by Gasteiger charge is 2.12. The van der Waals surface area contributed by atoms with E-state index in [1.165, 1.54) is 14.2 Å². The van der Waals surface area contributed by atoms with Gasteiger partial charge in [0.05, 0.1) is 20.8 Å². The quantitative estimate of drug-likeness (QED) is 0.445. The molecule has 0 amide bonds. The molecule has 1 aromatic carbocycles. The number of carbonyl (C=O) groups is 1. The first-order valence-electron chi connectivity index (χ1n) is 5.30. The van der Waals surface area contributed by atoms with Crippen LogP contribution in [0.1, 0.15) is 12.8 Å². The van der Waals surface area contributed by atoms with Crippen molar-refractivity contribution in [3.63, 3.8) is 0 Å². The summed E-state index contributed by atoms with van der Waals surface area (Å²) >= 11 is 0. The fourth-order valence-corrected chi connectivity index (χ4v) is 1.41. The molecule has 0 aliphatic heterocycles. The molecule has 0 aliphatic carbocycles. The summed E-state index contributed by atoms with van der Waals surface area (Å²) in [6.07, 6.45) is 1.99. The fraction of sp³-hybridized carbons (Fsp3) is 0.417. The van der Waals surface area contributed by atoms with Gasteiger partial charge >= 0.3 is 0 Å². The van der Waals surface area contributed by atoms with Crippen molar-refractivity contribution in [3.8, 4) is 17.2 Å². The summed E-state index contributed by atoms with van der Waals surface area (Å²) in [5.41, 5.74) is 6.25. The molecule has 0 heterocycles. The second kappa shape index (κ2) is 6.62. The number of anilines is 1. The number of carbonyl (C=O) groups excluding carboxylic acids is 1. The zero-order valence-electron chi connectivity index (χ0n) is 10.1. The van der Waals surface area contributed by atoms with Crippen LogP contribution in [0, 0.1) is 0 Å². The van der Waals surface area contributed by atoms with Crippen molar-refractivity contribution in [3.05, 3.63) is 12.1 Å². The van der Waals surface area contributed by atoms with Crippen LogP contribution in [0.15, 0.2) is 12.1 Å². The molecule has 0 saturated heterocycles. The molecule has 2 N–H and O–H groups in total. The van der Waals surface area contributed by atoms with Crippen molar-refractivity contribution in [2.75, 3.05) is 26.6 Å². The average molecular weight is 239 g/mol. The third-order valence-electron chi connectivity index (χ3n) is 2.19. The first kappa shape index (κ1) is 13.2. The molecule has 17 heavy (non-hydrogen) atoms. The normalized spacial score (nSPS) is 9.76. The molecule has 94 valence electrons. The molecule has 0 aromatic heterocycles. The Labute approximate surface area is 100 Å². The molecule has 5 nitrogen and oxygen atoms in total. The highest BCUT2D eigenvalue weighted by atomic mass is 16.5. The number of benzene rings is 1. The lowest BCUT2D eigenvalue weighted by Gasteiger charge is -2.14. The topological polar surface area (TPSA) is 70.8 Å². The maximum Gasteiger partial charge on any atom is 0.203 e. The number of nitrogens with two attached hydrogens (primary N) is 1. The van der Waals surface area contributed by atoms with Gasteiger partial charge < -0.3 is 24.7 Å². The van der Waals surface area contributed by atoms with Crippen molar-refractivity contribution in [1.82, 2.24) is 0 Å². The van der Waals surface area contributed by atoms with Crippen LogP contribution in [0.25, 0.3) is 0 Å². The summed E-state index contributed by atoms with van der Waals surface area (Å²) in [5, 5.41) is 0. The Morgan fingerprint density at radius 2 is 1.94 bits per heavy atom. The molecular weight excluding hydrogens is 222 g/mol. The van der Waals surface area contributed by atoms with Gasteiger partial charge in [-0.2, -0.15) is 0 Å². The largest absolute Gasteiger partial charge is 0.493 e. The van der Waals surface area contributed by atoms with E-state index >= 15 is 0 Å². The molecule has 0 radical (unpaired) electrons. The SMILES string of the molecule is COc1cc(N)cc(OCCCC=O)c1OC. The monoisotopic (exact) mass is 239 g/mol. The van der Waals surface area contributed by atoms with E-state index in [-0.39, 0.29) is 0 Å². The Kier molecular flexibility index (Phi) is 5.13. The maximum atomic E-state index is 10.2. The highest BCUT2D eigenvalue weighted by Crippen LogP contribution is 2.39. The Bertz CT molecular complexity index is 379. The molecular formula is C12H17NO4. The Hall–Kier alpha value is -1.91. The minimum absolute atomic E-state index is 0.432. The van der Waals surface area contributed by atoms with Gasteiger partial charge in [0.25, 0.3) is 0 Å². The Balaban J connectivity index is 2.81. The third kappa shape index (κ3) is 3.55. The molecule has 0 spiro atoms. The Morgan fingerprint density at radius 3 is 2.53 bits per heavy atom. The Morgan fingerprint density at radius 1 is 1.24 bits per heavy atom. The van der Waals surface area contributed by atoms with E-state index < -0.39 is 0 Å². The molecule has 5 heteroatoms. The van der Waals surface area contributed by atoms with Crippen LogP contribution in [0.2, 0.25) is 0 Å². The van der Waals surface area contributed by atoms with Crippen LogP contribution in [-0.2, 0) is 4.79 Å². The summed E-state index contributed by atoms with van der Waals surface area (Å²) in [5.74, 6) is 1.56. The van der Waals surface area contributed by atoms with Gasteiger partial charge in [0.1, 0.15) is 6.29 Å². The van der Waals surface area contributed by atoms with Crippen molar-refractivity contribution >= 4 is 12.0 Å². The molecule has 1 aromatic rings. The number of nitrogen functional groups attached to an aromatic ring is 1. The van der Waals surface area contributed by atoms with E-state index in [0.29, 0.717) is 42.4 Å². The maximum absolute atomic E-state index is 10.2. The van der Waals surface area contributed by atoms with Crippen molar-refractivity contribution in [2.45, 2.75) is 12.8 Å². The van der Waals surface area contributed by atoms with Gasteiger partial charge in [0.2, 0.25) is 5.75 Å². The number of aldehydes is 1. The van der Waals surface area contributed by atoms with E-state index in [1.807, 2.05) is 0 Å². The number of hydrogen-bond acceptors (Lipinski definition) is 5. The van der Waals surface area contributed by atoms with Gasteiger partial charge in [-0.15, -0.1) is 0 Å². The van der Waals surface area contributed by atoms with Gasteiger partial charge in [-0.25, -0.2) is 0 Å². The average Bonchev–Trinajstić information content (AvgIpc) is 2.33. The van der Waals surface area contributed by atoms with E-state index in [1.54, 1.807) is 12.1 Å². The van der Waals surface area contributed by atoms with Crippen LogP contribution in [-0.4, -0.2) is 27.1 Å². The number of methoxy groups -OCH3 is 2. The number of hydrogen-bond donors (Lipinski definition) is 1. The lowest BCUT2D eigenvalue weighted by molar-refractivity contribution is -0.108. The molecule has 0 atom stereocenters. The van der Waals surface area contributed by atoms with Crippen molar-refractivity contribution < 1.29 is 19.0 Å². The summed E-state index contributed by atoms with van der Waals surface area (Å²) in [6.45, 7) is 0.432. The molecule has 0 fully saturated rings. The van der Waals surface area contributed by atoms with Crippen LogP contribution in [0.3, 0.4) is 0 Å². The van der Waals surface area contributed by atoms with Crippen LogP contribution in [0.5, 0.6) is 17.2 Å². The number of rotatable bonds is 7. The number of ether oxygens (including phenoxy) is 3. The van der Waals surface area contributed by atoms with Gasteiger partial charge in [-0.3, -0.25) is 0 Å². The second-order valence-corrected chi connectivity index (χ2v) is 3.41. The molecule has 1 rings (SSSR count). The van der Waals surface area contributed by atoms with E-state index in [9.17, 15) is 4.79 Å².